The molecule has 0 aromatic rings. The molecule has 0 aliphatic heterocycles. The lowest BCUT2D eigenvalue weighted by Crippen LogP contribution is -2.28. The Morgan fingerprint density at radius 3 is 1.44 bits per heavy atom. The Balaban J connectivity index is 3.60. The van der Waals surface area contributed by atoms with Gasteiger partial charge in [0.05, 0.1) is 6.61 Å². The van der Waals surface area contributed by atoms with E-state index < -0.39 is 6.10 Å². The second-order valence-corrected chi connectivity index (χ2v) is 12.3. The van der Waals surface area contributed by atoms with Crippen LogP contribution in [-0.2, 0) is 19.1 Å². The van der Waals surface area contributed by atoms with Crippen molar-refractivity contribution >= 4 is 11.9 Å². The number of hydrogen-bond donors (Lipinski definition) is 1. The zero-order valence-corrected chi connectivity index (χ0v) is 29.4. The van der Waals surface area contributed by atoms with Gasteiger partial charge in [-0.05, 0) is 51.4 Å². The van der Waals surface area contributed by atoms with E-state index in [-0.39, 0.29) is 25.2 Å². The normalized spacial score (nSPS) is 12.7. The van der Waals surface area contributed by atoms with Crippen LogP contribution in [0.5, 0.6) is 0 Å². The molecule has 0 aromatic carbocycles. The zero-order chi connectivity index (χ0) is 32.9. The summed E-state index contributed by atoms with van der Waals surface area (Å²) in [7, 11) is 0. The van der Waals surface area contributed by atoms with Crippen LogP contribution in [0.4, 0.5) is 0 Å². The fraction of sp³-hybridized carbons (Fsp3) is 0.750. The largest absolute Gasteiger partial charge is 0.462 e. The summed E-state index contributed by atoms with van der Waals surface area (Å²) in [6, 6.07) is 0. The fourth-order valence-corrected chi connectivity index (χ4v) is 5.07. The predicted octanol–water partition coefficient (Wildman–Crippen LogP) is 11.5. The van der Waals surface area contributed by atoms with Crippen molar-refractivity contribution in [2.24, 2.45) is 0 Å². The third-order valence-electron chi connectivity index (χ3n) is 7.89. The average molecular weight is 631 g/mol. The predicted molar refractivity (Wildman–Crippen MR) is 191 cm³/mol. The van der Waals surface area contributed by atoms with Crippen LogP contribution in [0.1, 0.15) is 174 Å². The molecule has 0 heterocycles. The van der Waals surface area contributed by atoms with Crippen LogP contribution >= 0.6 is 0 Å². The van der Waals surface area contributed by atoms with Crippen LogP contribution in [0.3, 0.4) is 0 Å². The van der Waals surface area contributed by atoms with E-state index in [1.165, 1.54) is 77.0 Å². The summed E-state index contributed by atoms with van der Waals surface area (Å²) in [6.45, 7) is 4.00. The first kappa shape index (κ1) is 42.9. The van der Waals surface area contributed by atoms with Gasteiger partial charge in [-0.15, -0.1) is 0 Å². The summed E-state index contributed by atoms with van der Waals surface area (Å²) >= 11 is 0. The first-order valence-corrected chi connectivity index (χ1v) is 18.7. The molecule has 1 unspecified atom stereocenters. The molecule has 0 fully saturated rings. The maximum atomic E-state index is 12.1. The lowest BCUT2D eigenvalue weighted by molar-refractivity contribution is -0.161. The topological polar surface area (TPSA) is 72.8 Å². The molecule has 1 atom stereocenters. The monoisotopic (exact) mass is 631 g/mol. The van der Waals surface area contributed by atoms with Crippen molar-refractivity contribution in [1.82, 2.24) is 0 Å². The van der Waals surface area contributed by atoms with Gasteiger partial charge in [-0.3, -0.25) is 9.59 Å². The summed E-state index contributed by atoms with van der Waals surface area (Å²) in [4.78, 5) is 24.2. The van der Waals surface area contributed by atoms with E-state index >= 15 is 0 Å². The number of unbranched alkanes of at least 4 members (excludes halogenated alkanes) is 17. The molecule has 0 radical (unpaired) electrons. The molecule has 45 heavy (non-hydrogen) atoms. The molecule has 0 amide bonds. The summed E-state index contributed by atoms with van der Waals surface area (Å²) < 4.78 is 10.6. The molecule has 0 spiro atoms. The van der Waals surface area contributed by atoms with Crippen molar-refractivity contribution in [2.75, 3.05) is 13.2 Å². The molecule has 1 N–H and O–H groups in total. The van der Waals surface area contributed by atoms with Crippen LogP contribution in [-0.4, -0.2) is 36.4 Å². The average Bonchev–Trinajstić information content (AvgIpc) is 3.04. The Labute approximate surface area is 278 Å². The second kappa shape index (κ2) is 36.3. The maximum absolute atomic E-state index is 12.1. The molecule has 0 bridgehead atoms. The van der Waals surface area contributed by atoms with Crippen molar-refractivity contribution < 1.29 is 24.2 Å². The molecular formula is C40H70O5. The number of ether oxygens (including phenoxy) is 2. The summed E-state index contributed by atoms with van der Waals surface area (Å²) in [5.41, 5.74) is 0. The van der Waals surface area contributed by atoms with Gasteiger partial charge in [-0.25, -0.2) is 0 Å². The van der Waals surface area contributed by atoms with Crippen molar-refractivity contribution in [1.29, 1.82) is 0 Å². The van der Waals surface area contributed by atoms with Crippen LogP contribution in [0.15, 0.2) is 48.6 Å². The lowest BCUT2D eigenvalue weighted by Gasteiger charge is -2.15. The van der Waals surface area contributed by atoms with Crippen LogP contribution in [0, 0.1) is 0 Å². The fourth-order valence-electron chi connectivity index (χ4n) is 5.07. The van der Waals surface area contributed by atoms with Gasteiger partial charge in [-0.2, -0.15) is 0 Å². The van der Waals surface area contributed by atoms with Crippen LogP contribution in [0.25, 0.3) is 0 Å². The Morgan fingerprint density at radius 2 is 0.956 bits per heavy atom. The van der Waals surface area contributed by atoms with E-state index in [0.717, 1.165) is 70.6 Å². The molecule has 0 rings (SSSR count). The Hall–Kier alpha value is -2.14. The number of carbonyl (C=O) groups is 2. The molecule has 5 nitrogen and oxygen atoms in total. The highest BCUT2D eigenvalue weighted by Crippen LogP contribution is 2.13. The highest BCUT2D eigenvalue weighted by atomic mass is 16.6. The zero-order valence-electron chi connectivity index (χ0n) is 29.4. The first-order valence-electron chi connectivity index (χ1n) is 18.7. The minimum Gasteiger partial charge on any atom is -0.462 e. The first-order chi connectivity index (χ1) is 22.1. The third kappa shape index (κ3) is 34.6. The number of carbonyl (C=O) groups excluding carboxylic acids is 2. The Morgan fingerprint density at radius 1 is 0.533 bits per heavy atom. The van der Waals surface area contributed by atoms with Gasteiger partial charge in [0, 0.05) is 12.8 Å². The van der Waals surface area contributed by atoms with E-state index in [2.05, 4.69) is 62.5 Å². The minimum absolute atomic E-state index is 0.0708. The SMILES string of the molecule is CC/C=C\C/C=C\C/C=C\C/C=C\CCCCCCCCC(=O)OC(CO)COC(=O)CCCCCCCCCCCCCC. The van der Waals surface area contributed by atoms with Gasteiger partial charge in [-0.1, -0.05) is 159 Å². The summed E-state index contributed by atoms with van der Waals surface area (Å²) in [6.07, 6.45) is 44.5. The standard InChI is InChI=1S/C40H70O5/c1-3-5-7-9-11-13-15-17-18-19-20-21-22-23-25-27-29-31-33-35-40(43)45-38(36-41)37-44-39(42)34-32-30-28-26-24-16-14-12-10-8-6-4-2/h5,7,11,13,17-18,20-21,38,41H,3-4,6,8-10,12,14-16,19,22-37H2,1-2H3/b7-5-,13-11-,18-17-,21-20-. The molecular weight excluding hydrogens is 560 g/mol. The van der Waals surface area contributed by atoms with Crippen LogP contribution in [0.2, 0.25) is 0 Å². The maximum Gasteiger partial charge on any atom is 0.306 e. The molecule has 0 aliphatic carbocycles. The number of allylic oxidation sites excluding steroid dienone is 8. The van der Waals surface area contributed by atoms with E-state index in [9.17, 15) is 14.7 Å². The summed E-state index contributed by atoms with van der Waals surface area (Å²) in [5, 5.41) is 9.53. The van der Waals surface area contributed by atoms with Crippen molar-refractivity contribution in [3.63, 3.8) is 0 Å². The number of esters is 2. The van der Waals surface area contributed by atoms with E-state index in [0.29, 0.717) is 12.8 Å². The molecule has 0 aromatic heterocycles. The number of aliphatic hydroxyl groups is 1. The van der Waals surface area contributed by atoms with Gasteiger partial charge in [0.1, 0.15) is 6.61 Å². The molecule has 260 valence electrons. The van der Waals surface area contributed by atoms with Gasteiger partial charge < -0.3 is 14.6 Å². The van der Waals surface area contributed by atoms with Crippen molar-refractivity contribution in [3.8, 4) is 0 Å². The van der Waals surface area contributed by atoms with E-state index in [1.54, 1.807) is 0 Å². The molecule has 0 saturated carbocycles. The number of aliphatic hydroxyl groups excluding tert-OH is 1. The molecule has 5 heteroatoms. The second-order valence-electron chi connectivity index (χ2n) is 12.3. The van der Waals surface area contributed by atoms with Gasteiger partial charge >= 0.3 is 11.9 Å². The highest BCUT2D eigenvalue weighted by Gasteiger charge is 2.16. The molecule has 0 saturated heterocycles. The van der Waals surface area contributed by atoms with Gasteiger partial charge in [0.25, 0.3) is 0 Å². The third-order valence-corrected chi connectivity index (χ3v) is 7.89. The Kier molecular flexibility index (Phi) is 34.6. The Bertz CT molecular complexity index is 767. The smallest absolute Gasteiger partial charge is 0.306 e. The quantitative estimate of drug-likeness (QED) is 0.0444. The van der Waals surface area contributed by atoms with Gasteiger partial charge in [0.15, 0.2) is 6.10 Å². The van der Waals surface area contributed by atoms with Crippen molar-refractivity contribution in [3.05, 3.63) is 48.6 Å². The summed E-state index contributed by atoms with van der Waals surface area (Å²) in [5.74, 6) is -0.607. The minimum atomic E-state index is -0.776. The van der Waals surface area contributed by atoms with Crippen LogP contribution < -0.4 is 0 Å². The number of rotatable bonds is 33. The molecule has 0 aliphatic rings. The van der Waals surface area contributed by atoms with E-state index in [4.69, 9.17) is 9.47 Å². The highest BCUT2D eigenvalue weighted by molar-refractivity contribution is 5.70. The lowest BCUT2D eigenvalue weighted by atomic mass is 10.0. The van der Waals surface area contributed by atoms with E-state index in [1.807, 2.05) is 0 Å². The van der Waals surface area contributed by atoms with Gasteiger partial charge in [0.2, 0.25) is 0 Å². The number of hydrogen-bond acceptors (Lipinski definition) is 5. The van der Waals surface area contributed by atoms with Crippen molar-refractivity contribution in [2.45, 2.75) is 180 Å².